The molecule has 1 N–H and O–H groups in total. The van der Waals surface area contributed by atoms with Crippen LogP contribution in [0.5, 0.6) is 0 Å². The van der Waals surface area contributed by atoms with Crippen LogP contribution in [0.25, 0.3) is 0 Å². The third kappa shape index (κ3) is 1.65. The zero-order valence-electron chi connectivity index (χ0n) is 6.22. The van der Waals surface area contributed by atoms with Gasteiger partial charge in [0.05, 0.1) is 0 Å². The molecule has 0 aromatic carbocycles. The fourth-order valence-corrected chi connectivity index (χ4v) is 1.51. The summed E-state index contributed by atoms with van der Waals surface area (Å²) in [4.78, 5) is 24.4. The highest BCUT2D eigenvalue weighted by Crippen LogP contribution is 2.21. The number of hydrogen-bond donors (Lipinski definition) is 1. The number of aliphatic carboxylic acids is 1. The second-order valence-electron chi connectivity index (χ2n) is 2.17. The Balaban J connectivity index is 2.94. The number of carboxylic acid groups (broad SMARTS) is 1. The summed E-state index contributed by atoms with van der Waals surface area (Å²) in [6.07, 6.45) is 0. The molecule has 6 heteroatoms. The maximum atomic E-state index is 10.4. The summed E-state index contributed by atoms with van der Waals surface area (Å²) in [5.74, 6) is -1.26. The lowest BCUT2D eigenvalue weighted by Gasteiger charge is -1.96. The first-order valence-electron chi connectivity index (χ1n) is 3.12. The molecule has 0 spiro atoms. The van der Waals surface area contributed by atoms with Crippen LogP contribution in [0, 0.1) is 11.8 Å². The maximum absolute atomic E-state index is 10.4. The van der Waals surface area contributed by atoms with Crippen LogP contribution < -0.4 is 0 Å². The molecule has 1 aromatic heterocycles. The van der Waals surface area contributed by atoms with E-state index in [1.54, 1.807) is 12.3 Å². The molecular formula is C6H6N2O3S. The number of rotatable bonds is 3. The van der Waals surface area contributed by atoms with Crippen molar-refractivity contribution in [3.8, 4) is 0 Å². The molecule has 0 bridgehead atoms. The Morgan fingerprint density at radius 3 is 2.83 bits per heavy atom. The minimum atomic E-state index is -1.36. The summed E-state index contributed by atoms with van der Waals surface area (Å²) in [6.45, 7) is 1.73. The minimum Gasteiger partial charge on any atom is -0.479 e. The van der Waals surface area contributed by atoms with Gasteiger partial charge < -0.3 is 5.11 Å². The van der Waals surface area contributed by atoms with E-state index in [4.69, 9.17) is 5.11 Å². The summed E-state index contributed by atoms with van der Waals surface area (Å²) in [6, 6.07) is -1.36. The predicted molar refractivity (Wildman–Crippen MR) is 43.0 cm³/mol. The summed E-state index contributed by atoms with van der Waals surface area (Å²) in [7, 11) is 0. The second-order valence-corrected chi connectivity index (χ2v) is 3.06. The Morgan fingerprint density at radius 1 is 1.83 bits per heavy atom. The average molecular weight is 186 g/mol. The van der Waals surface area contributed by atoms with Crippen molar-refractivity contribution < 1.29 is 9.90 Å². The number of carbonyl (C=O) groups is 1. The standard InChI is InChI=1S/C6H6N2O3S/c1-3-2-12-5(7-3)4(8-11)6(9)10/h2,4H,1H3,(H,9,10). The van der Waals surface area contributed by atoms with Crippen LogP contribution in [-0.4, -0.2) is 16.1 Å². The second kappa shape index (κ2) is 3.40. The van der Waals surface area contributed by atoms with Crippen LogP contribution in [0.3, 0.4) is 0 Å². The van der Waals surface area contributed by atoms with Crippen molar-refractivity contribution in [1.29, 1.82) is 0 Å². The maximum Gasteiger partial charge on any atom is 0.339 e. The molecule has 1 aromatic rings. The van der Waals surface area contributed by atoms with Crippen molar-refractivity contribution in [2.75, 3.05) is 0 Å². The molecule has 1 heterocycles. The van der Waals surface area contributed by atoms with Gasteiger partial charge in [-0.3, -0.25) is 0 Å². The molecule has 0 aliphatic heterocycles. The molecule has 64 valence electrons. The van der Waals surface area contributed by atoms with Crippen molar-refractivity contribution in [1.82, 2.24) is 4.98 Å². The number of aryl methyl sites for hydroxylation is 1. The van der Waals surface area contributed by atoms with Crippen LogP contribution in [0.4, 0.5) is 0 Å². The Kier molecular flexibility index (Phi) is 2.49. The fourth-order valence-electron chi connectivity index (χ4n) is 0.694. The van der Waals surface area contributed by atoms with E-state index in [2.05, 4.69) is 10.2 Å². The van der Waals surface area contributed by atoms with Gasteiger partial charge in [0.25, 0.3) is 0 Å². The first-order valence-corrected chi connectivity index (χ1v) is 4.00. The molecule has 1 atom stereocenters. The van der Waals surface area contributed by atoms with E-state index in [9.17, 15) is 9.70 Å². The molecule has 0 aliphatic carbocycles. The zero-order chi connectivity index (χ0) is 9.14. The highest BCUT2D eigenvalue weighted by Gasteiger charge is 2.23. The van der Waals surface area contributed by atoms with Crippen molar-refractivity contribution in [3.63, 3.8) is 0 Å². The Hall–Kier alpha value is -1.30. The zero-order valence-corrected chi connectivity index (χ0v) is 7.04. The number of thiazole rings is 1. The average Bonchev–Trinajstić information content (AvgIpc) is 2.37. The van der Waals surface area contributed by atoms with Crippen molar-refractivity contribution in [3.05, 3.63) is 21.0 Å². The quantitative estimate of drug-likeness (QED) is 0.722. The Bertz CT molecular complexity index is 309. The van der Waals surface area contributed by atoms with Gasteiger partial charge >= 0.3 is 5.97 Å². The first-order chi connectivity index (χ1) is 5.65. The first kappa shape index (κ1) is 8.79. The van der Waals surface area contributed by atoms with Crippen molar-refractivity contribution in [2.45, 2.75) is 13.0 Å². The van der Waals surface area contributed by atoms with E-state index in [1.165, 1.54) is 0 Å². The van der Waals surface area contributed by atoms with Crippen LogP contribution in [0.15, 0.2) is 10.6 Å². The van der Waals surface area contributed by atoms with Gasteiger partial charge in [-0.25, -0.2) is 9.78 Å². The predicted octanol–water partition coefficient (Wildman–Crippen LogP) is 1.34. The summed E-state index contributed by atoms with van der Waals surface area (Å²) >= 11 is 1.12. The van der Waals surface area contributed by atoms with Gasteiger partial charge in [0, 0.05) is 11.1 Å². The number of aromatic nitrogens is 1. The molecule has 0 fully saturated rings. The molecule has 1 rings (SSSR count). The highest BCUT2D eigenvalue weighted by molar-refractivity contribution is 7.09. The van der Waals surface area contributed by atoms with E-state index in [1.807, 2.05) is 0 Å². The van der Waals surface area contributed by atoms with Gasteiger partial charge in [-0.2, -0.15) is 0 Å². The van der Waals surface area contributed by atoms with Crippen LogP contribution in [0.1, 0.15) is 16.7 Å². The lowest BCUT2D eigenvalue weighted by atomic mass is 10.3. The number of nitroso groups, excluding NO2 is 1. The van der Waals surface area contributed by atoms with Gasteiger partial charge in [0.15, 0.2) is 0 Å². The highest BCUT2D eigenvalue weighted by atomic mass is 32.1. The van der Waals surface area contributed by atoms with Crippen molar-refractivity contribution in [2.24, 2.45) is 5.18 Å². The Morgan fingerprint density at radius 2 is 2.50 bits per heavy atom. The SMILES string of the molecule is Cc1csc(C(N=O)C(=O)O)n1. The van der Waals surface area contributed by atoms with Gasteiger partial charge in [0.1, 0.15) is 5.01 Å². The lowest BCUT2D eigenvalue weighted by molar-refractivity contribution is -0.138. The van der Waals surface area contributed by atoms with Crippen LogP contribution in [0.2, 0.25) is 0 Å². The van der Waals surface area contributed by atoms with E-state index < -0.39 is 12.0 Å². The molecule has 0 aliphatic rings. The summed E-state index contributed by atoms with van der Waals surface area (Å²) < 4.78 is 0. The van der Waals surface area contributed by atoms with E-state index in [0.717, 1.165) is 11.3 Å². The van der Waals surface area contributed by atoms with Gasteiger partial charge in [-0.05, 0) is 12.1 Å². The van der Waals surface area contributed by atoms with Gasteiger partial charge in [-0.1, -0.05) is 0 Å². The Labute approximate surface area is 72.0 Å². The van der Waals surface area contributed by atoms with Crippen LogP contribution in [-0.2, 0) is 4.79 Å². The molecule has 0 radical (unpaired) electrons. The third-order valence-corrected chi connectivity index (χ3v) is 2.23. The number of carboxylic acids is 1. The number of nitrogens with zero attached hydrogens (tertiary/aromatic N) is 2. The van der Waals surface area contributed by atoms with E-state index in [0.29, 0.717) is 5.69 Å². The summed E-state index contributed by atoms with van der Waals surface area (Å²) in [5.41, 5.74) is 0.699. The largest absolute Gasteiger partial charge is 0.479 e. The summed E-state index contributed by atoms with van der Waals surface area (Å²) in [5, 5.41) is 12.9. The van der Waals surface area contributed by atoms with Crippen molar-refractivity contribution >= 4 is 17.3 Å². The molecule has 0 saturated heterocycles. The molecule has 5 nitrogen and oxygen atoms in total. The number of hydrogen-bond acceptors (Lipinski definition) is 5. The van der Waals surface area contributed by atoms with Crippen LogP contribution >= 0.6 is 11.3 Å². The topological polar surface area (TPSA) is 79.6 Å². The molecule has 12 heavy (non-hydrogen) atoms. The smallest absolute Gasteiger partial charge is 0.339 e. The third-order valence-electron chi connectivity index (χ3n) is 1.21. The normalized spacial score (nSPS) is 12.4. The molecule has 0 saturated carbocycles. The molecule has 0 amide bonds. The monoisotopic (exact) mass is 186 g/mol. The van der Waals surface area contributed by atoms with Gasteiger partial charge in [-0.15, -0.1) is 16.2 Å². The van der Waals surface area contributed by atoms with E-state index >= 15 is 0 Å². The minimum absolute atomic E-state index is 0.231. The lowest BCUT2D eigenvalue weighted by Crippen LogP contribution is -2.07. The van der Waals surface area contributed by atoms with Gasteiger partial charge in [0.2, 0.25) is 6.04 Å². The van der Waals surface area contributed by atoms with E-state index in [-0.39, 0.29) is 5.01 Å². The molecular weight excluding hydrogens is 180 g/mol. The fraction of sp³-hybridized carbons (Fsp3) is 0.333. The molecule has 1 unspecified atom stereocenters.